The third-order valence-corrected chi connectivity index (χ3v) is 4.16. The lowest BCUT2D eigenvalue weighted by molar-refractivity contribution is 0.0721. The van der Waals surface area contributed by atoms with E-state index in [1.807, 2.05) is 0 Å². The fraction of sp³-hybridized carbons (Fsp3) is 1.00. The van der Waals surface area contributed by atoms with Crippen LogP contribution in [0, 0.1) is 5.92 Å². The summed E-state index contributed by atoms with van der Waals surface area (Å²) in [4.78, 5) is 5.08. The summed E-state index contributed by atoms with van der Waals surface area (Å²) in [6.07, 6.45) is 3.76. The summed E-state index contributed by atoms with van der Waals surface area (Å²) in [6, 6.07) is 0. The van der Waals surface area contributed by atoms with Crippen molar-refractivity contribution < 1.29 is 0 Å². The standard InChI is InChI=1S/C14H31N3/c1-5-17(11-13(2)3)14(12-15)7-6-9-16(4)10-8-14/h13H,5-12,15H2,1-4H3. The molecule has 1 heterocycles. The zero-order valence-corrected chi connectivity index (χ0v) is 12.2. The second kappa shape index (κ2) is 6.72. The Morgan fingerprint density at radius 2 is 2.00 bits per heavy atom. The van der Waals surface area contributed by atoms with Crippen LogP contribution in [-0.4, -0.2) is 55.1 Å². The van der Waals surface area contributed by atoms with Crippen molar-refractivity contribution in [1.82, 2.24) is 9.80 Å². The molecule has 1 rings (SSSR count). The predicted molar refractivity (Wildman–Crippen MR) is 75.2 cm³/mol. The van der Waals surface area contributed by atoms with Crippen molar-refractivity contribution in [2.24, 2.45) is 11.7 Å². The van der Waals surface area contributed by atoms with Gasteiger partial charge in [0.15, 0.2) is 0 Å². The molecule has 102 valence electrons. The van der Waals surface area contributed by atoms with Gasteiger partial charge in [-0.1, -0.05) is 20.8 Å². The minimum Gasteiger partial charge on any atom is -0.329 e. The Balaban J connectivity index is 2.76. The minimum absolute atomic E-state index is 0.254. The van der Waals surface area contributed by atoms with Crippen LogP contribution in [0.2, 0.25) is 0 Å². The van der Waals surface area contributed by atoms with Gasteiger partial charge in [0.2, 0.25) is 0 Å². The van der Waals surface area contributed by atoms with Crippen molar-refractivity contribution >= 4 is 0 Å². The quantitative estimate of drug-likeness (QED) is 0.796. The van der Waals surface area contributed by atoms with E-state index < -0.39 is 0 Å². The Bertz CT molecular complexity index is 218. The van der Waals surface area contributed by atoms with Gasteiger partial charge in [-0.05, 0) is 51.9 Å². The van der Waals surface area contributed by atoms with Crippen LogP contribution < -0.4 is 5.73 Å². The fourth-order valence-corrected chi connectivity index (χ4v) is 3.06. The molecule has 0 aliphatic carbocycles. The normalized spacial score (nSPS) is 27.7. The Morgan fingerprint density at radius 3 is 2.53 bits per heavy atom. The Morgan fingerprint density at radius 1 is 1.29 bits per heavy atom. The fourth-order valence-electron chi connectivity index (χ4n) is 3.06. The lowest BCUT2D eigenvalue weighted by atomic mass is 9.87. The molecule has 1 aliphatic heterocycles. The van der Waals surface area contributed by atoms with E-state index in [2.05, 4.69) is 37.6 Å². The first-order valence-corrected chi connectivity index (χ1v) is 7.17. The molecule has 1 saturated heterocycles. The highest BCUT2D eigenvalue weighted by Gasteiger charge is 2.35. The van der Waals surface area contributed by atoms with E-state index in [4.69, 9.17) is 5.73 Å². The third kappa shape index (κ3) is 3.94. The van der Waals surface area contributed by atoms with Gasteiger partial charge in [-0.25, -0.2) is 0 Å². The van der Waals surface area contributed by atoms with Gasteiger partial charge in [0.1, 0.15) is 0 Å². The van der Waals surface area contributed by atoms with Crippen LogP contribution in [0.4, 0.5) is 0 Å². The zero-order valence-electron chi connectivity index (χ0n) is 12.2. The Hall–Kier alpha value is -0.120. The van der Waals surface area contributed by atoms with Crippen molar-refractivity contribution in [3.8, 4) is 0 Å². The molecule has 17 heavy (non-hydrogen) atoms. The smallest absolute Gasteiger partial charge is 0.0344 e. The monoisotopic (exact) mass is 241 g/mol. The van der Waals surface area contributed by atoms with Crippen molar-refractivity contribution in [3.05, 3.63) is 0 Å². The summed E-state index contributed by atoms with van der Waals surface area (Å²) >= 11 is 0. The molecule has 0 spiro atoms. The Kier molecular flexibility index (Phi) is 5.90. The summed E-state index contributed by atoms with van der Waals surface area (Å²) in [7, 11) is 2.23. The van der Waals surface area contributed by atoms with Gasteiger partial charge in [-0.2, -0.15) is 0 Å². The van der Waals surface area contributed by atoms with Crippen LogP contribution >= 0.6 is 0 Å². The molecule has 0 saturated carbocycles. The zero-order chi connectivity index (χ0) is 12.9. The van der Waals surface area contributed by atoms with Crippen LogP contribution in [0.25, 0.3) is 0 Å². The molecule has 0 aromatic carbocycles. The maximum Gasteiger partial charge on any atom is 0.0344 e. The van der Waals surface area contributed by atoms with Crippen LogP contribution in [0.3, 0.4) is 0 Å². The van der Waals surface area contributed by atoms with Gasteiger partial charge >= 0.3 is 0 Å². The first kappa shape index (κ1) is 14.9. The van der Waals surface area contributed by atoms with Crippen molar-refractivity contribution in [1.29, 1.82) is 0 Å². The number of hydrogen-bond acceptors (Lipinski definition) is 3. The molecule has 0 aromatic rings. The first-order chi connectivity index (χ1) is 8.04. The van der Waals surface area contributed by atoms with E-state index in [1.54, 1.807) is 0 Å². The lowest BCUT2D eigenvalue weighted by Gasteiger charge is -2.43. The lowest BCUT2D eigenvalue weighted by Crippen LogP contribution is -2.55. The maximum absolute atomic E-state index is 6.15. The molecule has 0 radical (unpaired) electrons. The van der Waals surface area contributed by atoms with E-state index in [9.17, 15) is 0 Å². The van der Waals surface area contributed by atoms with Crippen LogP contribution in [0.15, 0.2) is 0 Å². The van der Waals surface area contributed by atoms with E-state index in [1.165, 1.54) is 38.9 Å². The number of nitrogens with zero attached hydrogens (tertiary/aromatic N) is 2. The van der Waals surface area contributed by atoms with E-state index in [0.717, 1.165) is 19.0 Å². The van der Waals surface area contributed by atoms with Crippen molar-refractivity contribution in [2.75, 3.05) is 39.8 Å². The molecule has 1 unspecified atom stereocenters. The van der Waals surface area contributed by atoms with Gasteiger partial charge < -0.3 is 10.6 Å². The van der Waals surface area contributed by atoms with Crippen molar-refractivity contribution in [2.45, 2.75) is 45.6 Å². The van der Waals surface area contributed by atoms with E-state index in [-0.39, 0.29) is 5.54 Å². The molecule has 3 heteroatoms. The summed E-state index contributed by atoms with van der Waals surface area (Å²) in [6.45, 7) is 12.4. The second-order valence-electron chi connectivity index (χ2n) is 6.02. The molecule has 3 nitrogen and oxygen atoms in total. The average Bonchev–Trinajstić information content (AvgIpc) is 2.49. The van der Waals surface area contributed by atoms with E-state index in [0.29, 0.717) is 0 Å². The van der Waals surface area contributed by atoms with Crippen molar-refractivity contribution in [3.63, 3.8) is 0 Å². The molecule has 0 bridgehead atoms. The second-order valence-corrected chi connectivity index (χ2v) is 6.02. The number of nitrogens with two attached hydrogens (primary N) is 1. The van der Waals surface area contributed by atoms with Gasteiger partial charge in [-0.3, -0.25) is 4.90 Å². The molecule has 1 atom stereocenters. The molecule has 0 aromatic heterocycles. The van der Waals surface area contributed by atoms with Crippen LogP contribution in [0.1, 0.15) is 40.0 Å². The number of rotatable bonds is 5. The highest BCUT2D eigenvalue weighted by molar-refractivity contribution is 4.94. The van der Waals surface area contributed by atoms with Gasteiger partial charge in [0, 0.05) is 18.6 Å². The number of hydrogen-bond donors (Lipinski definition) is 1. The van der Waals surface area contributed by atoms with Gasteiger partial charge in [0.05, 0.1) is 0 Å². The van der Waals surface area contributed by atoms with Gasteiger partial charge in [0.25, 0.3) is 0 Å². The Labute approximate surface area is 107 Å². The molecular formula is C14H31N3. The SMILES string of the molecule is CCN(CC(C)C)C1(CN)CCCN(C)CC1. The number of likely N-dealkylation sites (N-methyl/N-ethyl adjacent to an activating group) is 1. The maximum atomic E-state index is 6.15. The first-order valence-electron chi connectivity index (χ1n) is 7.17. The minimum atomic E-state index is 0.254. The summed E-state index contributed by atoms with van der Waals surface area (Å²) < 4.78 is 0. The third-order valence-electron chi connectivity index (χ3n) is 4.16. The highest BCUT2D eigenvalue weighted by Crippen LogP contribution is 2.28. The predicted octanol–water partition coefficient (Wildman–Crippen LogP) is 1.78. The molecule has 2 N–H and O–H groups in total. The summed E-state index contributed by atoms with van der Waals surface area (Å²) in [5.41, 5.74) is 6.40. The molecule has 1 aliphatic rings. The molecule has 1 fully saturated rings. The van der Waals surface area contributed by atoms with Crippen LogP contribution in [-0.2, 0) is 0 Å². The van der Waals surface area contributed by atoms with Gasteiger partial charge in [-0.15, -0.1) is 0 Å². The number of likely N-dealkylation sites (tertiary alicyclic amines) is 1. The summed E-state index contributed by atoms with van der Waals surface area (Å²) in [5, 5.41) is 0. The molecular weight excluding hydrogens is 210 g/mol. The molecule has 0 amide bonds. The summed E-state index contributed by atoms with van der Waals surface area (Å²) in [5.74, 6) is 0.722. The van der Waals surface area contributed by atoms with Crippen LogP contribution in [0.5, 0.6) is 0 Å². The largest absolute Gasteiger partial charge is 0.329 e. The van der Waals surface area contributed by atoms with E-state index >= 15 is 0 Å². The highest BCUT2D eigenvalue weighted by atomic mass is 15.2. The topological polar surface area (TPSA) is 32.5 Å². The average molecular weight is 241 g/mol.